The number of aliphatic carboxylic acids is 2. The van der Waals surface area contributed by atoms with Crippen molar-refractivity contribution in [1.29, 1.82) is 0 Å². The van der Waals surface area contributed by atoms with Crippen LogP contribution in [0.25, 0.3) is 0 Å². The number of carboxylic acids is 2. The number of carbonyl (C=O) groups is 2. The second kappa shape index (κ2) is 9.21. The van der Waals surface area contributed by atoms with Crippen LogP contribution in [0.15, 0.2) is 0 Å². The number of aromatic nitrogens is 3. The molecule has 4 rings (SSSR count). The molecule has 4 N–H and O–H groups in total. The van der Waals surface area contributed by atoms with Gasteiger partial charge in [0.05, 0.1) is 11.8 Å². The number of rotatable bonds is 5. The molecule has 1 aromatic rings. The standard InChI is InChI=1S/C20H31N7O4/c21-15-5-11-27(12-6-15)20-23-18(25-7-1-13(2-8-25)16(28)29)22-19(24-20)26-9-3-14(4-10-26)17(30)31/h13-15H,1-12,21H2,(H,28,29)(H,30,31). The Morgan fingerprint density at radius 2 is 0.935 bits per heavy atom. The van der Waals surface area contributed by atoms with Crippen molar-refractivity contribution in [3.8, 4) is 0 Å². The Bertz CT molecular complexity index is 746. The van der Waals surface area contributed by atoms with Crippen LogP contribution in [0, 0.1) is 11.8 Å². The molecular weight excluding hydrogens is 402 g/mol. The normalized spacial score (nSPS) is 22.0. The van der Waals surface area contributed by atoms with Crippen LogP contribution >= 0.6 is 0 Å². The fraction of sp³-hybridized carbons (Fsp3) is 0.750. The highest BCUT2D eigenvalue weighted by atomic mass is 16.4. The lowest BCUT2D eigenvalue weighted by Gasteiger charge is -2.35. The molecule has 0 bridgehead atoms. The summed E-state index contributed by atoms with van der Waals surface area (Å²) in [6, 6.07) is 0.196. The van der Waals surface area contributed by atoms with E-state index in [-0.39, 0.29) is 17.9 Å². The third kappa shape index (κ3) is 4.97. The van der Waals surface area contributed by atoms with Crippen LogP contribution in [0.1, 0.15) is 38.5 Å². The van der Waals surface area contributed by atoms with E-state index in [4.69, 9.17) is 20.7 Å². The second-order valence-electron chi connectivity index (χ2n) is 8.76. The minimum absolute atomic E-state index is 0.196. The third-order valence-corrected chi connectivity index (χ3v) is 6.68. The summed E-state index contributed by atoms with van der Waals surface area (Å²) < 4.78 is 0. The molecule has 3 aliphatic heterocycles. The number of nitrogens with zero attached hydrogens (tertiary/aromatic N) is 6. The van der Waals surface area contributed by atoms with E-state index >= 15 is 0 Å². The summed E-state index contributed by atoms with van der Waals surface area (Å²) in [6.07, 6.45) is 4.01. The van der Waals surface area contributed by atoms with Crippen molar-refractivity contribution in [2.24, 2.45) is 17.6 Å². The largest absolute Gasteiger partial charge is 0.481 e. The van der Waals surface area contributed by atoms with Crippen molar-refractivity contribution in [2.75, 3.05) is 54.0 Å². The number of carboxylic acid groups (broad SMARTS) is 2. The summed E-state index contributed by atoms with van der Waals surface area (Å²) in [5.74, 6) is -0.387. The minimum Gasteiger partial charge on any atom is -0.481 e. The van der Waals surface area contributed by atoms with E-state index in [0.717, 1.165) is 25.9 Å². The highest BCUT2D eigenvalue weighted by Gasteiger charge is 2.30. The lowest BCUT2D eigenvalue weighted by molar-refractivity contribution is -0.143. The number of hydrogen-bond acceptors (Lipinski definition) is 9. The van der Waals surface area contributed by atoms with Gasteiger partial charge in [-0.3, -0.25) is 9.59 Å². The first-order chi connectivity index (χ1) is 14.9. The van der Waals surface area contributed by atoms with Crippen molar-refractivity contribution in [1.82, 2.24) is 15.0 Å². The van der Waals surface area contributed by atoms with Crippen LogP contribution in [0.2, 0.25) is 0 Å². The molecule has 3 fully saturated rings. The van der Waals surface area contributed by atoms with Crippen LogP contribution in [0.4, 0.5) is 17.8 Å². The molecule has 11 heteroatoms. The van der Waals surface area contributed by atoms with Crippen molar-refractivity contribution in [3.63, 3.8) is 0 Å². The Morgan fingerprint density at radius 3 is 1.23 bits per heavy atom. The van der Waals surface area contributed by atoms with E-state index in [2.05, 4.69) is 4.90 Å². The van der Waals surface area contributed by atoms with Gasteiger partial charge in [-0.25, -0.2) is 0 Å². The topological polar surface area (TPSA) is 149 Å². The molecule has 170 valence electrons. The summed E-state index contributed by atoms with van der Waals surface area (Å²) in [7, 11) is 0. The summed E-state index contributed by atoms with van der Waals surface area (Å²) in [6.45, 7) is 3.92. The van der Waals surface area contributed by atoms with Gasteiger partial charge in [-0.05, 0) is 38.5 Å². The van der Waals surface area contributed by atoms with Crippen molar-refractivity contribution < 1.29 is 19.8 Å². The molecule has 31 heavy (non-hydrogen) atoms. The molecule has 0 radical (unpaired) electrons. The van der Waals surface area contributed by atoms with Gasteiger partial charge in [-0.1, -0.05) is 0 Å². The molecule has 0 amide bonds. The second-order valence-corrected chi connectivity index (χ2v) is 8.76. The molecule has 0 atom stereocenters. The van der Waals surface area contributed by atoms with Gasteiger partial charge < -0.3 is 30.6 Å². The van der Waals surface area contributed by atoms with Gasteiger partial charge in [0.15, 0.2) is 0 Å². The van der Waals surface area contributed by atoms with E-state index < -0.39 is 11.9 Å². The maximum atomic E-state index is 11.3. The van der Waals surface area contributed by atoms with E-state index in [0.29, 0.717) is 69.7 Å². The zero-order chi connectivity index (χ0) is 22.0. The lowest BCUT2D eigenvalue weighted by atomic mass is 9.97. The molecular formula is C20H31N7O4. The van der Waals surface area contributed by atoms with Crippen molar-refractivity contribution >= 4 is 29.8 Å². The molecule has 0 saturated carbocycles. The monoisotopic (exact) mass is 433 g/mol. The molecule has 3 aliphatic rings. The first kappa shape index (κ1) is 21.5. The van der Waals surface area contributed by atoms with Crippen LogP contribution in [0.3, 0.4) is 0 Å². The summed E-state index contributed by atoms with van der Waals surface area (Å²) in [5, 5.41) is 18.6. The van der Waals surface area contributed by atoms with Gasteiger partial charge in [0, 0.05) is 45.3 Å². The average molecular weight is 434 g/mol. The summed E-state index contributed by atoms with van der Waals surface area (Å²) in [4.78, 5) is 43.0. The van der Waals surface area contributed by atoms with Gasteiger partial charge in [-0.15, -0.1) is 0 Å². The Morgan fingerprint density at radius 1 is 0.645 bits per heavy atom. The first-order valence-electron chi connectivity index (χ1n) is 11.1. The Hall–Kier alpha value is -2.69. The Labute approximate surface area is 181 Å². The van der Waals surface area contributed by atoms with E-state index in [1.54, 1.807) is 0 Å². The molecule has 0 aromatic carbocycles. The van der Waals surface area contributed by atoms with Gasteiger partial charge in [-0.2, -0.15) is 15.0 Å². The quantitative estimate of drug-likeness (QED) is 0.592. The predicted octanol–water partition coefficient (Wildman–Crippen LogP) is 0.401. The molecule has 0 aliphatic carbocycles. The van der Waals surface area contributed by atoms with Crippen LogP contribution in [-0.4, -0.2) is 82.4 Å². The molecule has 11 nitrogen and oxygen atoms in total. The van der Waals surface area contributed by atoms with Gasteiger partial charge in [0.1, 0.15) is 0 Å². The predicted molar refractivity (Wildman–Crippen MR) is 114 cm³/mol. The van der Waals surface area contributed by atoms with Gasteiger partial charge in [0.2, 0.25) is 17.8 Å². The summed E-state index contributed by atoms with van der Waals surface area (Å²) >= 11 is 0. The fourth-order valence-corrected chi connectivity index (χ4v) is 4.52. The minimum atomic E-state index is -0.748. The molecule has 0 spiro atoms. The van der Waals surface area contributed by atoms with Gasteiger partial charge >= 0.3 is 11.9 Å². The average Bonchev–Trinajstić information content (AvgIpc) is 2.79. The Balaban J connectivity index is 1.56. The molecule has 3 saturated heterocycles. The number of nitrogens with two attached hydrogens (primary N) is 1. The Kier molecular flexibility index (Phi) is 6.40. The number of piperidine rings is 3. The highest BCUT2D eigenvalue weighted by molar-refractivity contribution is 5.71. The van der Waals surface area contributed by atoms with Gasteiger partial charge in [0.25, 0.3) is 0 Å². The van der Waals surface area contributed by atoms with Crippen LogP contribution in [-0.2, 0) is 9.59 Å². The molecule has 4 heterocycles. The smallest absolute Gasteiger partial charge is 0.306 e. The van der Waals surface area contributed by atoms with Crippen molar-refractivity contribution in [2.45, 2.75) is 44.6 Å². The van der Waals surface area contributed by atoms with E-state index in [1.807, 2.05) is 9.80 Å². The lowest BCUT2D eigenvalue weighted by Crippen LogP contribution is -2.42. The fourth-order valence-electron chi connectivity index (χ4n) is 4.52. The zero-order valence-electron chi connectivity index (χ0n) is 17.7. The van der Waals surface area contributed by atoms with Crippen molar-refractivity contribution in [3.05, 3.63) is 0 Å². The maximum absolute atomic E-state index is 11.3. The van der Waals surface area contributed by atoms with Crippen LogP contribution < -0.4 is 20.4 Å². The van der Waals surface area contributed by atoms with E-state index in [9.17, 15) is 19.8 Å². The number of hydrogen-bond donors (Lipinski definition) is 3. The first-order valence-corrected chi connectivity index (χ1v) is 11.1. The molecule has 0 unspecified atom stereocenters. The maximum Gasteiger partial charge on any atom is 0.306 e. The third-order valence-electron chi connectivity index (χ3n) is 6.68. The van der Waals surface area contributed by atoms with E-state index in [1.165, 1.54) is 0 Å². The molecule has 1 aromatic heterocycles. The summed E-state index contributed by atoms with van der Waals surface area (Å²) in [5.41, 5.74) is 6.05. The zero-order valence-corrected chi connectivity index (χ0v) is 17.7. The highest BCUT2D eigenvalue weighted by Crippen LogP contribution is 2.27. The SMILES string of the molecule is NC1CCN(c2nc(N3CCC(C(=O)O)CC3)nc(N3CCC(C(=O)O)CC3)n2)CC1. The number of anilines is 3. The van der Waals surface area contributed by atoms with Crippen LogP contribution in [0.5, 0.6) is 0 Å².